The standard InChI is InChI=1S/C18H23ClN4O/c1-2-20-17-5-4-15(19)12-16(17)18(24)22-10-6-14(7-11-22)13-23-9-3-8-21-23/h3-5,8-9,12,14,20H,2,6-7,10-11,13H2,1H3. The Bertz CT molecular complexity index is 678. The fraction of sp³-hybridized carbons (Fsp3) is 0.444. The summed E-state index contributed by atoms with van der Waals surface area (Å²) in [4.78, 5) is 14.8. The van der Waals surface area contributed by atoms with Gasteiger partial charge in [0.1, 0.15) is 0 Å². The van der Waals surface area contributed by atoms with Crippen LogP contribution in [0.1, 0.15) is 30.1 Å². The van der Waals surface area contributed by atoms with Crippen molar-refractivity contribution in [2.75, 3.05) is 25.0 Å². The summed E-state index contributed by atoms with van der Waals surface area (Å²) in [6.07, 6.45) is 5.80. The first-order valence-electron chi connectivity index (χ1n) is 8.47. The molecule has 5 nitrogen and oxygen atoms in total. The third-order valence-corrected chi connectivity index (χ3v) is 4.72. The summed E-state index contributed by atoms with van der Waals surface area (Å²) in [5.41, 5.74) is 1.51. The molecule has 3 rings (SSSR count). The average molecular weight is 347 g/mol. The van der Waals surface area contributed by atoms with Gasteiger partial charge in [0, 0.05) is 49.3 Å². The van der Waals surface area contributed by atoms with E-state index in [2.05, 4.69) is 10.4 Å². The number of aromatic nitrogens is 2. The molecule has 0 atom stereocenters. The zero-order valence-electron chi connectivity index (χ0n) is 13.9. The highest BCUT2D eigenvalue weighted by atomic mass is 35.5. The largest absolute Gasteiger partial charge is 0.385 e. The topological polar surface area (TPSA) is 50.2 Å². The van der Waals surface area contributed by atoms with Gasteiger partial charge >= 0.3 is 0 Å². The number of anilines is 1. The summed E-state index contributed by atoms with van der Waals surface area (Å²) >= 11 is 6.09. The highest BCUT2D eigenvalue weighted by molar-refractivity contribution is 6.31. The van der Waals surface area contributed by atoms with E-state index in [0.717, 1.165) is 44.7 Å². The number of piperidine rings is 1. The zero-order chi connectivity index (χ0) is 16.9. The summed E-state index contributed by atoms with van der Waals surface area (Å²) in [7, 11) is 0. The highest BCUT2D eigenvalue weighted by Crippen LogP contribution is 2.25. The van der Waals surface area contributed by atoms with Crippen molar-refractivity contribution in [3.63, 3.8) is 0 Å². The second-order valence-electron chi connectivity index (χ2n) is 6.18. The van der Waals surface area contributed by atoms with Crippen molar-refractivity contribution in [3.8, 4) is 0 Å². The molecule has 1 saturated heterocycles. The number of likely N-dealkylation sites (tertiary alicyclic amines) is 1. The molecule has 24 heavy (non-hydrogen) atoms. The summed E-state index contributed by atoms with van der Waals surface area (Å²) in [5.74, 6) is 0.632. The van der Waals surface area contributed by atoms with Gasteiger partial charge in [0.25, 0.3) is 5.91 Å². The normalized spacial score (nSPS) is 15.5. The second-order valence-corrected chi connectivity index (χ2v) is 6.62. The summed E-state index contributed by atoms with van der Waals surface area (Å²) in [5, 5.41) is 8.10. The van der Waals surface area contributed by atoms with Crippen molar-refractivity contribution < 1.29 is 4.79 Å². The zero-order valence-corrected chi connectivity index (χ0v) is 14.7. The van der Waals surface area contributed by atoms with E-state index in [0.29, 0.717) is 16.5 Å². The lowest BCUT2D eigenvalue weighted by Gasteiger charge is -2.32. The number of halogens is 1. The van der Waals surface area contributed by atoms with Crippen LogP contribution < -0.4 is 5.32 Å². The molecule has 2 heterocycles. The molecule has 0 bridgehead atoms. The molecule has 1 N–H and O–H groups in total. The Morgan fingerprint density at radius 2 is 2.17 bits per heavy atom. The third kappa shape index (κ3) is 3.90. The number of amides is 1. The van der Waals surface area contributed by atoms with Gasteiger partial charge in [0.15, 0.2) is 0 Å². The minimum atomic E-state index is 0.0611. The van der Waals surface area contributed by atoms with Gasteiger partial charge in [-0.2, -0.15) is 5.10 Å². The predicted octanol–water partition coefficient (Wildman–Crippen LogP) is 3.52. The Morgan fingerprint density at radius 1 is 1.38 bits per heavy atom. The molecule has 1 amide bonds. The number of benzene rings is 1. The molecular formula is C18H23ClN4O. The average Bonchev–Trinajstić information content (AvgIpc) is 3.10. The predicted molar refractivity (Wildman–Crippen MR) is 96.5 cm³/mol. The van der Waals surface area contributed by atoms with Crippen molar-refractivity contribution >= 4 is 23.2 Å². The number of hydrogen-bond acceptors (Lipinski definition) is 3. The molecular weight excluding hydrogens is 324 g/mol. The van der Waals surface area contributed by atoms with E-state index < -0.39 is 0 Å². The lowest BCUT2D eigenvalue weighted by atomic mass is 9.96. The summed E-state index contributed by atoms with van der Waals surface area (Å²) in [6, 6.07) is 7.40. The van der Waals surface area contributed by atoms with Crippen LogP contribution in [0.15, 0.2) is 36.7 Å². The third-order valence-electron chi connectivity index (χ3n) is 4.49. The first kappa shape index (κ1) is 16.8. The number of nitrogens with one attached hydrogen (secondary N) is 1. The first-order valence-corrected chi connectivity index (χ1v) is 8.85. The highest BCUT2D eigenvalue weighted by Gasteiger charge is 2.25. The SMILES string of the molecule is CCNc1ccc(Cl)cc1C(=O)N1CCC(Cn2cccn2)CC1. The molecule has 1 fully saturated rings. The van der Waals surface area contributed by atoms with Gasteiger partial charge in [-0.3, -0.25) is 9.48 Å². The Kier molecular flexibility index (Phi) is 5.41. The summed E-state index contributed by atoms with van der Waals surface area (Å²) in [6.45, 7) is 5.28. The number of rotatable bonds is 5. The van der Waals surface area contributed by atoms with E-state index in [1.54, 1.807) is 12.3 Å². The quantitative estimate of drug-likeness (QED) is 0.901. The Labute approximate surface area is 147 Å². The summed E-state index contributed by atoms with van der Waals surface area (Å²) < 4.78 is 1.97. The monoisotopic (exact) mass is 346 g/mol. The van der Waals surface area contributed by atoms with Crippen molar-refractivity contribution in [2.45, 2.75) is 26.3 Å². The molecule has 1 aromatic carbocycles. The second kappa shape index (κ2) is 7.71. The van der Waals surface area contributed by atoms with Crippen molar-refractivity contribution in [1.29, 1.82) is 0 Å². The molecule has 0 aliphatic carbocycles. The van der Waals surface area contributed by atoms with Gasteiger partial charge in [0.2, 0.25) is 0 Å². The van der Waals surface area contributed by atoms with Gasteiger partial charge in [-0.25, -0.2) is 0 Å². The van der Waals surface area contributed by atoms with Crippen molar-refractivity contribution in [2.24, 2.45) is 5.92 Å². The molecule has 2 aromatic rings. The van der Waals surface area contributed by atoms with Crippen LogP contribution in [-0.2, 0) is 6.54 Å². The minimum absolute atomic E-state index is 0.0611. The van der Waals surface area contributed by atoms with Crippen LogP contribution in [0.25, 0.3) is 0 Å². The van der Waals surface area contributed by atoms with Crippen LogP contribution in [-0.4, -0.2) is 40.2 Å². The Hall–Kier alpha value is -2.01. The van der Waals surface area contributed by atoms with E-state index in [1.807, 2.05) is 40.9 Å². The number of hydrogen-bond donors (Lipinski definition) is 1. The van der Waals surface area contributed by atoms with Gasteiger partial charge in [0.05, 0.1) is 5.56 Å². The molecule has 1 aliphatic heterocycles. The molecule has 0 unspecified atom stereocenters. The molecule has 0 spiro atoms. The maximum absolute atomic E-state index is 12.9. The fourth-order valence-corrected chi connectivity index (χ4v) is 3.37. The van der Waals surface area contributed by atoms with Crippen LogP contribution in [0, 0.1) is 5.92 Å². The maximum atomic E-state index is 12.9. The number of carbonyl (C=O) groups is 1. The maximum Gasteiger partial charge on any atom is 0.256 e. The molecule has 6 heteroatoms. The molecule has 0 radical (unpaired) electrons. The van der Waals surface area contributed by atoms with Crippen molar-refractivity contribution in [3.05, 3.63) is 47.2 Å². The van der Waals surface area contributed by atoms with Crippen LogP contribution in [0.2, 0.25) is 5.02 Å². The van der Waals surface area contributed by atoms with Gasteiger partial charge in [-0.15, -0.1) is 0 Å². The van der Waals surface area contributed by atoms with E-state index >= 15 is 0 Å². The minimum Gasteiger partial charge on any atom is -0.385 e. The van der Waals surface area contributed by atoms with Gasteiger partial charge in [-0.1, -0.05) is 11.6 Å². The molecule has 128 valence electrons. The van der Waals surface area contributed by atoms with Gasteiger partial charge < -0.3 is 10.2 Å². The molecule has 0 saturated carbocycles. The van der Waals surface area contributed by atoms with Crippen LogP contribution in [0.3, 0.4) is 0 Å². The van der Waals surface area contributed by atoms with Crippen LogP contribution in [0.5, 0.6) is 0 Å². The lowest BCUT2D eigenvalue weighted by Crippen LogP contribution is -2.39. The fourth-order valence-electron chi connectivity index (χ4n) is 3.20. The Balaban J connectivity index is 1.64. The van der Waals surface area contributed by atoms with Crippen molar-refractivity contribution in [1.82, 2.24) is 14.7 Å². The van der Waals surface area contributed by atoms with E-state index in [4.69, 9.17) is 11.6 Å². The van der Waals surface area contributed by atoms with E-state index in [-0.39, 0.29) is 5.91 Å². The first-order chi connectivity index (χ1) is 11.7. The van der Waals surface area contributed by atoms with Crippen LogP contribution >= 0.6 is 11.6 Å². The molecule has 1 aromatic heterocycles. The lowest BCUT2D eigenvalue weighted by molar-refractivity contribution is 0.0682. The van der Waals surface area contributed by atoms with E-state index in [1.165, 1.54) is 0 Å². The molecule has 1 aliphatic rings. The van der Waals surface area contributed by atoms with Gasteiger partial charge in [-0.05, 0) is 49.9 Å². The smallest absolute Gasteiger partial charge is 0.256 e. The number of nitrogens with zero attached hydrogens (tertiary/aromatic N) is 3. The number of carbonyl (C=O) groups excluding carboxylic acids is 1. The Morgan fingerprint density at radius 3 is 2.83 bits per heavy atom. The van der Waals surface area contributed by atoms with E-state index in [9.17, 15) is 4.79 Å². The van der Waals surface area contributed by atoms with Crippen LogP contribution in [0.4, 0.5) is 5.69 Å².